The first-order chi connectivity index (χ1) is 6.36. The second kappa shape index (κ2) is 5.86. The Labute approximate surface area is 82.4 Å². The van der Waals surface area contributed by atoms with Crippen LogP contribution in [0.2, 0.25) is 0 Å². The SMILES string of the molecule is C#C/C=C/[C@H]1CC[C@H](CCC)CC1. The van der Waals surface area contributed by atoms with E-state index in [1.165, 1.54) is 38.5 Å². The molecular weight excluding hydrogens is 156 g/mol. The van der Waals surface area contributed by atoms with Crippen molar-refractivity contribution >= 4 is 0 Å². The number of allylic oxidation sites excluding steroid dienone is 2. The quantitative estimate of drug-likeness (QED) is 0.574. The fourth-order valence-electron chi connectivity index (χ4n) is 2.27. The molecule has 0 unspecified atom stereocenters. The summed E-state index contributed by atoms with van der Waals surface area (Å²) in [5.41, 5.74) is 0. The van der Waals surface area contributed by atoms with Crippen molar-refractivity contribution in [2.45, 2.75) is 45.4 Å². The Kier molecular flexibility index (Phi) is 4.68. The maximum absolute atomic E-state index is 5.18. The standard InChI is InChI=1S/C13H20/c1-3-5-7-13-10-8-12(6-4-2)9-11-13/h1,5,7,12-13H,4,6,8-11H2,2H3/b7-5+/t12-,13-. The Bertz CT molecular complexity index is 187. The third-order valence-corrected chi connectivity index (χ3v) is 3.05. The summed E-state index contributed by atoms with van der Waals surface area (Å²) in [4.78, 5) is 0. The molecular formula is C13H20. The average molecular weight is 176 g/mol. The number of hydrogen-bond acceptors (Lipinski definition) is 0. The van der Waals surface area contributed by atoms with E-state index >= 15 is 0 Å². The van der Waals surface area contributed by atoms with Gasteiger partial charge in [0.15, 0.2) is 0 Å². The van der Waals surface area contributed by atoms with Crippen molar-refractivity contribution in [3.05, 3.63) is 12.2 Å². The summed E-state index contributed by atoms with van der Waals surface area (Å²) in [5.74, 6) is 4.34. The third-order valence-electron chi connectivity index (χ3n) is 3.05. The Morgan fingerprint density at radius 1 is 1.31 bits per heavy atom. The smallest absolute Gasteiger partial charge is 0.0159 e. The van der Waals surface area contributed by atoms with Crippen molar-refractivity contribution in [3.8, 4) is 12.3 Å². The first-order valence-electron chi connectivity index (χ1n) is 5.49. The molecule has 0 amide bonds. The number of hydrogen-bond donors (Lipinski definition) is 0. The highest BCUT2D eigenvalue weighted by Crippen LogP contribution is 2.31. The zero-order valence-corrected chi connectivity index (χ0v) is 8.63. The molecule has 0 aromatic rings. The molecule has 1 aliphatic carbocycles. The van der Waals surface area contributed by atoms with Crippen molar-refractivity contribution in [1.82, 2.24) is 0 Å². The number of rotatable bonds is 3. The molecule has 0 nitrogen and oxygen atoms in total. The zero-order chi connectivity index (χ0) is 9.52. The Hall–Kier alpha value is -0.700. The van der Waals surface area contributed by atoms with Crippen LogP contribution in [0.5, 0.6) is 0 Å². The highest BCUT2D eigenvalue weighted by molar-refractivity contribution is 5.10. The lowest BCUT2D eigenvalue weighted by Gasteiger charge is -2.26. The minimum Gasteiger partial charge on any atom is -0.115 e. The Morgan fingerprint density at radius 2 is 2.00 bits per heavy atom. The van der Waals surface area contributed by atoms with Crippen LogP contribution in [0.3, 0.4) is 0 Å². The van der Waals surface area contributed by atoms with Gasteiger partial charge in [-0.3, -0.25) is 0 Å². The summed E-state index contributed by atoms with van der Waals surface area (Å²) < 4.78 is 0. The molecule has 0 atom stereocenters. The molecule has 0 radical (unpaired) electrons. The Morgan fingerprint density at radius 3 is 2.54 bits per heavy atom. The van der Waals surface area contributed by atoms with Gasteiger partial charge in [-0.15, -0.1) is 6.42 Å². The van der Waals surface area contributed by atoms with Crippen LogP contribution >= 0.6 is 0 Å². The van der Waals surface area contributed by atoms with Crippen LogP contribution in [-0.4, -0.2) is 0 Å². The van der Waals surface area contributed by atoms with E-state index in [0.717, 1.165) is 11.8 Å². The van der Waals surface area contributed by atoms with Crippen LogP contribution in [0.1, 0.15) is 45.4 Å². The van der Waals surface area contributed by atoms with E-state index in [1.54, 1.807) is 0 Å². The fourth-order valence-corrected chi connectivity index (χ4v) is 2.27. The topological polar surface area (TPSA) is 0 Å². The summed E-state index contributed by atoms with van der Waals surface area (Å²) in [6, 6.07) is 0. The average Bonchev–Trinajstić information content (AvgIpc) is 2.17. The summed E-state index contributed by atoms with van der Waals surface area (Å²) in [6.07, 6.45) is 17.5. The van der Waals surface area contributed by atoms with E-state index < -0.39 is 0 Å². The molecule has 72 valence electrons. The lowest BCUT2D eigenvalue weighted by molar-refractivity contribution is 0.294. The molecule has 0 heterocycles. The van der Waals surface area contributed by atoms with Crippen LogP contribution in [-0.2, 0) is 0 Å². The molecule has 1 saturated carbocycles. The van der Waals surface area contributed by atoms with E-state index in [9.17, 15) is 0 Å². The molecule has 0 aromatic carbocycles. The van der Waals surface area contributed by atoms with Gasteiger partial charge in [-0.2, -0.15) is 0 Å². The predicted octanol–water partition coefficient (Wildman–Crippen LogP) is 3.78. The highest BCUT2D eigenvalue weighted by atomic mass is 14.2. The Balaban J connectivity index is 2.23. The first-order valence-corrected chi connectivity index (χ1v) is 5.49. The van der Waals surface area contributed by atoms with E-state index in [4.69, 9.17) is 6.42 Å². The molecule has 1 fully saturated rings. The van der Waals surface area contributed by atoms with E-state index in [0.29, 0.717) is 0 Å². The van der Waals surface area contributed by atoms with Crippen molar-refractivity contribution in [2.24, 2.45) is 11.8 Å². The van der Waals surface area contributed by atoms with Gasteiger partial charge in [0.25, 0.3) is 0 Å². The van der Waals surface area contributed by atoms with Crippen LogP contribution in [0.4, 0.5) is 0 Å². The highest BCUT2D eigenvalue weighted by Gasteiger charge is 2.18. The van der Waals surface area contributed by atoms with Gasteiger partial charge >= 0.3 is 0 Å². The summed E-state index contributed by atoms with van der Waals surface area (Å²) in [7, 11) is 0. The van der Waals surface area contributed by atoms with E-state index in [-0.39, 0.29) is 0 Å². The van der Waals surface area contributed by atoms with Gasteiger partial charge < -0.3 is 0 Å². The van der Waals surface area contributed by atoms with Crippen molar-refractivity contribution < 1.29 is 0 Å². The second-order valence-corrected chi connectivity index (χ2v) is 4.10. The fraction of sp³-hybridized carbons (Fsp3) is 0.692. The van der Waals surface area contributed by atoms with Crippen LogP contribution in [0.15, 0.2) is 12.2 Å². The molecule has 1 aliphatic rings. The first kappa shape index (κ1) is 10.4. The molecule has 0 spiro atoms. The van der Waals surface area contributed by atoms with E-state index in [1.807, 2.05) is 6.08 Å². The maximum atomic E-state index is 5.18. The predicted molar refractivity (Wildman–Crippen MR) is 58.3 cm³/mol. The van der Waals surface area contributed by atoms with Gasteiger partial charge in [-0.25, -0.2) is 0 Å². The van der Waals surface area contributed by atoms with Crippen molar-refractivity contribution in [1.29, 1.82) is 0 Å². The molecule has 0 N–H and O–H groups in total. The molecule has 0 bridgehead atoms. The summed E-state index contributed by atoms with van der Waals surface area (Å²) in [5, 5.41) is 0. The zero-order valence-electron chi connectivity index (χ0n) is 8.63. The van der Waals surface area contributed by atoms with Gasteiger partial charge in [0.2, 0.25) is 0 Å². The molecule has 0 heteroatoms. The van der Waals surface area contributed by atoms with E-state index in [2.05, 4.69) is 18.9 Å². The monoisotopic (exact) mass is 176 g/mol. The lowest BCUT2D eigenvalue weighted by Crippen LogP contribution is -2.12. The minimum atomic E-state index is 0.768. The van der Waals surface area contributed by atoms with Crippen LogP contribution in [0, 0.1) is 24.2 Å². The summed E-state index contributed by atoms with van der Waals surface area (Å²) >= 11 is 0. The molecule has 1 rings (SSSR count). The minimum absolute atomic E-state index is 0.768. The van der Waals surface area contributed by atoms with Gasteiger partial charge in [0.1, 0.15) is 0 Å². The van der Waals surface area contributed by atoms with Gasteiger partial charge in [0.05, 0.1) is 0 Å². The van der Waals surface area contributed by atoms with Gasteiger partial charge in [-0.1, -0.05) is 31.8 Å². The largest absolute Gasteiger partial charge is 0.115 e. The lowest BCUT2D eigenvalue weighted by atomic mass is 9.80. The number of terminal acetylenes is 1. The summed E-state index contributed by atoms with van der Waals surface area (Å²) in [6.45, 7) is 2.28. The molecule has 0 saturated heterocycles. The van der Waals surface area contributed by atoms with Gasteiger partial charge in [-0.05, 0) is 43.6 Å². The van der Waals surface area contributed by atoms with Crippen LogP contribution in [0.25, 0.3) is 0 Å². The van der Waals surface area contributed by atoms with Crippen LogP contribution < -0.4 is 0 Å². The van der Waals surface area contributed by atoms with Crippen molar-refractivity contribution in [3.63, 3.8) is 0 Å². The maximum Gasteiger partial charge on any atom is -0.0159 e. The molecule has 0 aliphatic heterocycles. The third kappa shape index (κ3) is 3.68. The van der Waals surface area contributed by atoms with Crippen molar-refractivity contribution in [2.75, 3.05) is 0 Å². The second-order valence-electron chi connectivity index (χ2n) is 4.10. The molecule has 13 heavy (non-hydrogen) atoms. The molecule has 0 aromatic heterocycles. The van der Waals surface area contributed by atoms with Gasteiger partial charge in [0, 0.05) is 0 Å². The normalized spacial score (nSPS) is 28.9.